The number of hydrogen-bond donors (Lipinski definition) is 0. The number of nitrogens with zero attached hydrogens (tertiary/aromatic N) is 2. The first-order valence-corrected chi connectivity index (χ1v) is 7.49. The lowest BCUT2D eigenvalue weighted by Crippen LogP contribution is -2.36. The number of amides is 2. The molecule has 1 rings (SSSR count). The standard InChI is InChI=1S/C17H26N2O3/c1-13(2)16-8-6-15(7-9-16)12-22-17(21)19(5)11-10-18(4)14(3)20/h6-9,13H,10-12H2,1-5H3. The van der Waals surface area contributed by atoms with Crippen molar-refractivity contribution in [3.63, 3.8) is 0 Å². The largest absolute Gasteiger partial charge is 0.445 e. The fourth-order valence-corrected chi connectivity index (χ4v) is 1.80. The zero-order chi connectivity index (χ0) is 16.7. The third-order valence-corrected chi connectivity index (χ3v) is 3.63. The zero-order valence-corrected chi connectivity index (χ0v) is 14.1. The van der Waals surface area contributed by atoms with Crippen molar-refractivity contribution in [1.82, 2.24) is 9.80 Å². The molecular weight excluding hydrogens is 280 g/mol. The van der Waals surface area contributed by atoms with Crippen LogP contribution in [-0.4, -0.2) is 49.0 Å². The van der Waals surface area contributed by atoms with Crippen LogP contribution in [0.5, 0.6) is 0 Å². The molecule has 0 aliphatic carbocycles. The van der Waals surface area contributed by atoms with Crippen LogP contribution in [0.3, 0.4) is 0 Å². The molecule has 0 aromatic heterocycles. The van der Waals surface area contributed by atoms with Crippen molar-refractivity contribution in [1.29, 1.82) is 0 Å². The van der Waals surface area contributed by atoms with Gasteiger partial charge >= 0.3 is 6.09 Å². The maximum Gasteiger partial charge on any atom is 0.409 e. The van der Waals surface area contributed by atoms with Crippen LogP contribution in [0.25, 0.3) is 0 Å². The van der Waals surface area contributed by atoms with Crippen LogP contribution in [0.1, 0.15) is 37.8 Å². The molecule has 2 amide bonds. The minimum absolute atomic E-state index is 0.0213. The first-order chi connectivity index (χ1) is 10.3. The summed E-state index contributed by atoms with van der Waals surface area (Å²) in [5, 5.41) is 0. The van der Waals surface area contributed by atoms with Gasteiger partial charge in [-0.1, -0.05) is 38.1 Å². The Hall–Kier alpha value is -2.04. The smallest absolute Gasteiger partial charge is 0.409 e. The van der Waals surface area contributed by atoms with Gasteiger partial charge < -0.3 is 14.5 Å². The van der Waals surface area contributed by atoms with Gasteiger partial charge in [-0.2, -0.15) is 0 Å². The van der Waals surface area contributed by atoms with Crippen LogP contribution < -0.4 is 0 Å². The van der Waals surface area contributed by atoms with Crippen LogP contribution >= 0.6 is 0 Å². The molecule has 0 fully saturated rings. The van der Waals surface area contributed by atoms with Gasteiger partial charge in [0.2, 0.25) is 5.91 Å². The number of rotatable bonds is 6. The topological polar surface area (TPSA) is 49.9 Å². The van der Waals surface area contributed by atoms with E-state index in [2.05, 4.69) is 26.0 Å². The van der Waals surface area contributed by atoms with E-state index in [4.69, 9.17) is 4.74 Å². The van der Waals surface area contributed by atoms with Gasteiger partial charge in [0.05, 0.1) is 0 Å². The molecule has 0 bridgehead atoms. The van der Waals surface area contributed by atoms with Gasteiger partial charge in [-0.3, -0.25) is 4.79 Å². The van der Waals surface area contributed by atoms with Crippen molar-refractivity contribution in [3.8, 4) is 0 Å². The average Bonchev–Trinajstić information content (AvgIpc) is 2.49. The Bertz CT molecular complexity index is 497. The first-order valence-electron chi connectivity index (χ1n) is 7.49. The first kappa shape index (κ1) is 18.0. The van der Waals surface area contributed by atoms with Crippen molar-refractivity contribution in [2.75, 3.05) is 27.2 Å². The van der Waals surface area contributed by atoms with Crippen molar-refractivity contribution in [2.45, 2.75) is 33.3 Å². The minimum atomic E-state index is -0.384. The van der Waals surface area contributed by atoms with Gasteiger partial charge in [0, 0.05) is 34.1 Å². The molecule has 0 N–H and O–H groups in total. The van der Waals surface area contributed by atoms with E-state index in [1.54, 1.807) is 19.0 Å². The molecule has 5 nitrogen and oxygen atoms in total. The number of carbonyl (C=O) groups is 2. The van der Waals surface area contributed by atoms with E-state index in [0.717, 1.165) is 5.56 Å². The maximum atomic E-state index is 11.9. The molecule has 0 atom stereocenters. The predicted molar refractivity (Wildman–Crippen MR) is 86.7 cm³/mol. The lowest BCUT2D eigenvalue weighted by Gasteiger charge is -2.21. The summed E-state index contributed by atoms with van der Waals surface area (Å²) in [6.45, 7) is 6.97. The lowest BCUT2D eigenvalue weighted by molar-refractivity contribution is -0.127. The molecule has 0 aliphatic heterocycles. The molecule has 22 heavy (non-hydrogen) atoms. The quantitative estimate of drug-likeness (QED) is 0.812. The number of hydrogen-bond acceptors (Lipinski definition) is 3. The van der Waals surface area contributed by atoms with Crippen molar-refractivity contribution < 1.29 is 14.3 Å². The Morgan fingerprint density at radius 2 is 1.59 bits per heavy atom. The summed E-state index contributed by atoms with van der Waals surface area (Å²) in [5.41, 5.74) is 2.23. The molecule has 1 aromatic carbocycles. The Kier molecular flexibility index (Phi) is 6.89. The lowest BCUT2D eigenvalue weighted by atomic mass is 10.0. The van der Waals surface area contributed by atoms with Gasteiger partial charge in [-0.05, 0) is 17.0 Å². The summed E-state index contributed by atoms with van der Waals surface area (Å²) in [6, 6.07) is 8.07. The maximum absolute atomic E-state index is 11.9. The highest BCUT2D eigenvalue weighted by Gasteiger charge is 2.12. The normalized spacial score (nSPS) is 10.5. The third-order valence-electron chi connectivity index (χ3n) is 3.63. The number of likely N-dealkylation sites (N-methyl/N-ethyl adjacent to an activating group) is 2. The second-order valence-corrected chi connectivity index (χ2v) is 5.81. The van der Waals surface area contributed by atoms with Crippen molar-refractivity contribution in [2.24, 2.45) is 0 Å². The van der Waals surface area contributed by atoms with Crippen LogP contribution in [-0.2, 0) is 16.1 Å². The summed E-state index contributed by atoms with van der Waals surface area (Å²) >= 11 is 0. The SMILES string of the molecule is CC(=O)N(C)CCN(C)C(=O)OCc1ccc(C(C)C)cc1. The second kappa shape index (κ2) is 8.41. The third kappa shape index (κ3) is 5.76. The molecule has 0 radical (unpaired) electrons. The number of carbonyl (C=O) groups excluding carboxylic acids is 2. The molecule has 0 saturated carbocycles. The minimum Gasteiger partial charge on any atom is -0.445 e. The van der Waals surface area contributed by atoms with Crippen LogP contribution in [0.2, 0.25) is 0 Å². The van der Waals surface area contributed by atoms with E-state index >= 15 is 0 Å². The highest BCUT2D eigenvalue weighted by molar-refractivity contribution is 5.73. The van der Waals surface area contributed by atoms with Crippen molar-refractivity contribution in [3.05, 3.63) is 35.4 Å². The zero-order valence-electron chi connectivity index (χ0n) is 14.1. The van der Waals surface area contributed by atoms with Crippen LogP contribution in [0.15, 0.2) is 24.3 Å². The predicted octanol–water partition coefficient (Wildman–Crippen LogP) is 2.86. The Labute approximate surface area is 132 Å². The van der Waals surface area contributed by atoms with Gasteiger partial charge in [0.1, 0.15) is 6.61 Å². The summed E-state index contributed by atoms with van der Waals surface area (Å²) in [5.74, 6) is 0.466. The molecule has 1 aromatic rings. The summed E-state index contributed by atoms with van der Waals surface area (Å²) in [7, 11) is 3.37. The average molecular weight is 306 g/mol. The number of ether oxygens (including phenoxy) is 1. The second-order valence-electron chi connectivity index (χ2n) is 5.81. The molecule has 0 unspecified atom stereocenters. The highest BCUT2D eigenvalue weighted by atomic mass is 16.6. The molecule has 0 saturated heterocycles. The van der Waals surface area contributed by atoms with Gasteiger partial charge in [0.25, 0.3) is 0 Å². The van der Waals surface area contributed by atoms with Crippen LogP contribution in [0.4, 0.5) is 4.79 Å². The van der Waals surface area contributed by atoms with Crippen LogP contribution in [0, 0.1) is 0 Å². The Morgan fingerprint density at radius 1 is 1.05 bits per heavy atom. The monoisotopic (exact) mass is 306 g/mol. The van der Waals surface area contributed by atoms with Crippen molar-refractivity contribution >= 4 is 12.0 Å². The van der Waals surface area contributed by atoms with Gasteiger partial charge in [-0.15, -0.1) is 0 Å². The molecule has 5 heteroatoms. The molecule has 122 valence electrons. The van der Waals surface area contributed by atoms with E-state index in [0.29, 0.717) is 19.0 Å². The van der Waals surface area contributed by atoms with E-state index < -0.39 is 0 Å². The van der Waals surface area contributed by atoms with E-state index in [9.17, 15) is 9.59 Å². The van der Waals surface area contributed by atoms with Gasteiger partial charge in [0.15, 0.2) is 0 Å². The van der Waals surface area contributed by atoms with E-state index in [-0.39, 0.29) is 18.6 Å². The fourth-order valence-electron chi connectivity index (χ4n) is 1.80. The van der Waals surface area contributed by atoms with E-state index in [1.165, 1.54) is 17.4 Å². The highest BCUT2D eigenvalue weighted by Crippen LogP contribution is 2.15. The molecule has 0 heterocycles. The fraction of sp³-hybridized carbons (Fsp3) is 0.529. The summed E-state index contributed by atoms with van der Waals surface area (Å²) in [6.07, 6.45) is -0.384. The van der Waals surface area contributed by atoms with E-state index in [1.807, 2.05) is 12.1 Å². The van der Waals surface area contributed by atoms with Gasteiger partial charge in [-0.25, -0.2) is 4.79 Å². The molecule has 0 aliphatic rings. The molecule has 0 spiro atoms. The summed E-state index contributed by atoms with van der Waals surface area (Å²) < 4.78 is 5.27. The Balaban J connectivity index is 2.40. The molecular formula is C17H26N2O3. The number of benzene rings is 1. The summed E-state index contributed by atoms with van der Waals surface area (Å²) in [4.78, 5) is 26.0. The Morgan fingerprint density at radius 3 is 2.09 bits per heavy atom.